The summed E-state index contributed by atoms with van der Waals surface area (Å²) in [4.78, 5) is 28.4. The molecule has 0 spiro atoms. The van der Waals surface area contributed by atoms with Crippen LogP contribution in [0.2, 0.25) is 0 Å². The standard InChI is InChI=1S/C18H22N4O2/c1-12-5-3-4-6-13(12)9-17(24)20-14-7-8-16(23)21-18(14)15-10-19-11-22(15)2/h3-6,10-11,14,18H,7-9H2,1-2H3,(H,20,24)(H,21,23)/t14-,18-/m1/s1. The van der Waals surface area contributed by atoms with Gasteiger partial charge in [0.1, 0.15) is 0 Å². The highest BCUT2D eigenvalue weighted by molar-refractivity contribution is 5.81. The number of nitrogens with one attached hydrogen (secondary N) is 2. The molecule has 0 aliphatic carbocycles. The molecule has 6 heteroatoms. The number of aryl methyl sites for hydroxylation is 2. The molecule has 1 fully saturated rings. The minimum absolute atomic E-state index is 0.00519. The molecule has 1 saturated heterocycles. The number of imidazole rings is 1. The van der Waals surface area contributed by atoms with Crippen molar-refractivity contribution in [2.24, 2.45) is 7.05 Å². The van der Waals surface area contributed by atoms with Gasteiger partial charge in [0.2, 0.25) is 11.8 Å². The molecule has 0 unspecified atom stereocenters. The maximum Gasteiger partial charge on any atom is 0.224 e. The fraction of sp³-hybridized carbons (Fsp3) is 0.389. The number of nitrogens with zero attached hydrogens (tertiary/aromatic N) is 2. The Balaban J connectivity index is 1.72. The van der Waals surface area contributed by atoms with E-state index in [0.717, 1.165) is 16.8 Å². The van der Waals surface area contributed by atoms with Gasteiger partial charge in [-0.15, -0.1) is 0 Å². The Morgan fingerprint density at radius 3 is 2.92 bits per heavy atom. The number of rotatable bonds is 4. The summed E-state index contributed by atoms with van der Waals surface area (Å²) < 4.78 is 1.87. The van der Waals surface area contributed by atoms with Crippen molar-refractivity contribution in [1.82, 2.24) is 20.2 Å². The zero-order valence-corrected chi connectivity index (χ0v) is 14.0. The van der Waals surface area contributed by atoms with Crippen molar-refractivity contribution < 1.29 is 9.59 Å². The van der Waals surface area contributed by atoms with E-state index >= 15 is 0 Å². The minimum atomic E-state index is -0.250. The quantitative estimate of drug-likeness (QED) is 0.892. The van der Waals surface area contributed by atoms with Crippen LogP contribution in [0.5, 0.6) is 0 Å². The molecular weight excluding hydrogens is 304 g/mol. The molecule has 2 heterocycles. The Morgan fingerprint density at radius 1 is 1.42 bits per heavy atom. The van der Waals surface area contributed by atoms with E-state index in [1.165, 1.54) is 0 Å². The zero-order valence-electron chi connectivity index (χ0n) is 14.0. The maximum atomic E-state index is 12.5. The lowest BCUT2D eigenvalue weighted by Crippen LogP contribution is -2.51. The van der Waals surface area contributed by atoms with Gasteiger partial charge in [0.05, 0.1) is 36.7 Å². The third-order valence-electron chi connectivity index (χ3n) is 4.53. The third-order valence-corrected chi connectivity index (χ3v) is 4.53. The summed E-state index contributed by atoms with van der Waals surface area (Å²) in [6.07, 6.45) is 4.82. The Bertz CT molecular complexity index is 753. The fourth-order valence-electron chi connectivity index (χ4n) is 3.14. The molecule has 2 atom stereocenters. The number of benzene rings is 1. The average Bonchev–Trinajstić information content (AvgIpc) is 2.97. The second kappa shape index (κ2) is 6.86. The summed E-state index contributed by atoms with van der Waals surface area (Å²) >= 11 is 0. The van der Waals surface area contributed by atoms with Crippen LogP contribution in [0.1, 0.15) is 35.7 Å². The lowest BCUT2D eigenvalue weighted by molar-refractivity contribution is -0.127. The van der Waals surface area contributed by atoms with E-state index in [4.69, 9.17) is 0 Å². The number of hydrogen-bond acceptors (Lipinski definition) is 3. The first-order chi connectivity index (χ1) is 11.5. The average molecular weight is 326 g/mol. The first kappa shape index (κ1) is 16.2. The van der Waals surface area contributed by atoms with Crippen LogP contribution in [0.3, 0.4) is 0 Å². The van der Waals surface area contributed by atoms with E-state index in [1.807, 2.05) is 42.8 Å². The Kier molecular flexibility index (Phi) is 4.64. The lowest BCUT2D eigenvalue weighted by Gasteiger charge is -2.33. The van der Waals surface area contributed by atoms with Crippen LogP contribution in [0.4, 0.5) is 0 Å². The summed E-state index contributed by atoms with van der Waals surface area (Å²) in [6.45, 7) is 2.00. The molecular formula is C18H22N4O2. The number of hydrogen-bond donors (Lipinski definition) is 2. The minimum Gasteiger partial charge on any atom is -0.351 e. The van der Waals surface area contributed by atoms with Gasteiger partial charge in [-0.25, -0.2) is 4.98 Å². The van der Waals surface area contributed by atoms with Gasteiger partial charge in [-0.2, -0.15) is 0 Å². The fourth-order valence-corrected chi connectivity index (χ4v) is 3.14. The van der Waals surface area contributed by atoms with E-state index < -0.39 is 0 Å². The van der Waals surface area contributed by atoms with Crippen LogP contribution in [-0.4, -0.2) is 27.4 Å². The van der Waals surface area contributed by atoms with E-state index in [-0.39, 0.29) is 23.9 Å². The smallest absolute Gasteiger partial charge is 0.224 e. The molecule has 1 aromatic carbocycles. The van der Waals surface area contributed by atoms with Crippen LogP contribution in [0.25, 0.3) is 0 Å². The monoisotopic (exact) mass is 326 g/mol. The molecule has 126 valence electrons. The van der Waals surface area contributed by atoms with Gasteiger partial charge in [-0.05, 0) is 24.5 Å². The van der Waals surface area contributed by atoms with Gasteiger partial charge in [0.25, 0.3) is 0 Å². The number of carbonyl (C=O) groups excluding carboxylic acids is 2. The third kappa shape index (κ3) is 3.48. The highest BCUT2D eigenvalue weighted by atomic mass is 16.2. The number of aromatic nitrogens is 2. The topological polar surface area (TPSA) is 76.0 Å². The molecule has 2 amide bonds. The molecule has 2 aromatic rings. The summed E-state index contributed by atoms with van der Waals surface area (Å²) in [7, 11) is 1.88. The lowest BCUT2D eigenvalue weighted by atomic mass is 9.95. The highest BCUT2D eigenvalue weighted by Crippen LogP contribution is 2.24. The molecule has 0 radical (unpaired) electrons. The summed E-state index contributed by atoms with van der Waals surface area (Å²) in [5, 5.41) is 6.06. The summed E-state index contributed by atoms with van der Waals surface area (Å²) in [6, 6.07) is 7.49. The second-order valence-corrected chi connectivity index (χ2v) is 6.29. The van der Waals surface area contributed by atoms with Gasteiger partial charge < -0.3 is 15.2 Å². The van der Waals surface area contributed by atoms with Crippen molar-refractivity contribution in [1.29, 1.82) is 0 Å². The van der Waals surface area contributed by atoms with Crippen LogP contribution >= 0.6 is 0 Å². The molecule has 1 aliphatic heterocycles. The predicted octanol–water partition coefficient (Wildman–Crippen LogP) is 1.41. The van der Waals surface area contributed by atoms with Gasteiger partial charge in [-0.3, -0.25) is 9.59 Å². The molecule has 1 aliphatic rings. The molecule has 0 saturated carbocycles. The first-order valence-corrected chi connectivity index (χ1v) is 8.14. The van der Waals surface area contributed by atoms with Gasteiger partial charge in [-0.1, -0.05) is 24.3 Å². The van der Waals surface area contributed by atoms with E-state index in [1.54, 1.807) is 12.5 Å². The summed E-state index contributed by atoms with van der Waals surface area (Å²) in [5.74, 6) is -0.0248. The SMILES string of the molecule is Cc1ccccc1CC(=O)N[C@@H]1CCC(=O)N[C@H]1c1cncn1C. The van der Waals surface area contributed by atoms with E-state index in [9.17, 15) is 9.59 Å². The molecule has 24 heavy (non-hydrogen) atoms. The van der Waals surface area contributed by atoms with E-state index in [2.05, 4.69) is 15.6 Å². The van der Waals surface area contributed by atoms with Crippen molar-refractivity contribution in [3.05, 3.63) is 53.6 Å². The first-order valence-electron chi connectivity index (χ1n) is 8.14. The second-order valence-electron chi connectivity index (χ2n) is 6.29. The Hall–Kier alpha value is -2.63. The highest BCUT2D eigenvalue weighted by Gasteiger charge is 2.32. The molecule has 2 N–H and O–H groups in total. The van der Waals surface area contributed by atoms with Crippen molar-refractivity contribution in [2.45, 2.75) is 38.3 Å². The van der Waals surface area contributed by atoms with Gasteiger partial charge in [0, 0.05) is 13.5 Å². The Morgan fingerprint density at radius 2 is 2.21 bits per heavy atom. The number of amides is 2. The maximum absolute atomic E-state index is 12.5. The molecule has 0 bridgehead atoms. The van der Waals surface area contributed by atoms with Crippen LogP contribution in [-0.2, 0) is 23.1 Å². The summed E-state index contributed by atoms with van der Waals surface area (Å²) in [5.41, 5.74) is 3.02. The van der Waals surface area contributed by atoms with Crippen molar-refractivity contribution in [2.75, 3.05) is 0 Å². The van der Waals surface area contributed by atoms with Crippen molar-refractivity contribution in [3.63, 3.8) is 0 Å². The zero-order chi connectivity index (χ0) is 17.1. The molecule has 1 aromatic heterocycles. The number of carbonyl (C=O) groups is 2. The Labute approximate surface area is 141 Å². The van der Waals surface area contributed by atoms with Gasteiger partial charge >= 0.3 is 0 Å². The van der Waals surface area contributed by atoms with Crippen LogP contribution < -0.4 is 10.6 Å². The molecule has 6 nitrogen and oxygen atoms in total. The normalized spacial score (nSPS) is 20.5. The predicted molar refractivity (Wildman–Crippen MR) is 90.1 cm³/mol. The largest absolute Gasteiger partial charge is 0.351 e. The van der Waals surface area contributed by atoms with Crippen molar-refractivity contribution >= 4 is 11.8 Å². The van der Waals surface area contributed by atoms with Crippen LogP contribution in [0, 0.1) is 6.92 Å². The molecule has 3 rings (SSSR count). The van der Waals surface area contributed by atoms with Crippen molar-refractivity contribution in [3.8, 4) is 0 Å². The van der Waals surface area contributed by atoms with E-state index in [0.29, 0.717) is 19.3 Å². The van der Waals surface area contributed by atoms with Gasteiger partial charge in [0.15, 0.2) is 0 Å². The number of piperidine rings is 1. The van der Waals surface area contributed by atoms with Crippen LogP contribution in [0.15, 0.2) is 36.8 Å².